The lowest BCUT2D eigenvalue weighted by molar-refractivity contribution is -0.754. The van der Waals surface area contributed by atoms with Crippen molar-refractivity contribution in [1.82, 2.24) is 4.72 Å². The molecule has 1 aromatic carbocycles. The molecular formula is C10H12N2O6S. The topological polar surface area (TPSA) is 119 Å². The number of carbonyl (C=O) groups excluding carboxylic acids is 1. The zero-order valence-corrected chi connectivity index (χ0v) is 10.8. The Hall–Kier alpha value is -2.29. The van der Waals surface area contributed by atoms with Gasteiger partial charge < -0.3 is 9.94 Å². The van der Waals surface area contributed by atoms with Crippen LogP contribution < -0.4 is 4.72 Å². The van der Waals surface area contributed by atoms with E-state index in [0.29, 0.717) is 0 Å². The Labute approximate surface area is 113 Å². The predicted molar refractivity (Wildman–Crippen MR) is 66.8 cm³/mol. The van der Waals surface area contributed by atoms with Crippen molar-refractivity contribution >= 4 is 24.3 Å². The zero-order valence-electron chi connectivity index (χ0n) is 9.94. The van der Waals surface area contributed by atoms with Gasteiger partial charge in [0.15, 0.2) is 6.61 Å². The lowest BCUT2D eigenvalue weighted by Gasteiger charge is -2.03. The van der Waals surface area contributed by atoms with E-state index in [1.54, 1.807) is 0 Å². The van der Waals surface area contributed by atoms with Gasteiger partial charge in [0.05, 0.1) is 0 Å². The minimum atomic E-state index is -1.00. The van der Waals surface area contributed by atoms with E-state index in [0.717, 1.165) is 22.4 Å². The van der Waals surface area contributed by atoms with E-state index in [4.69, 9.17) is 9.90 Å². The first-order valence-electron chi connectivity index (χ1n) is 4.87. The lowest BCUT2D eigenvalue weighted by atomic mass is 10.2. The maximum atomic E-state index is 11.0. The highest BCUT2D eigenvalue weighted by Gasteiger charge is 2.04. The van der Waals surface area contributed by atoms with Gasteiger partial charge in [0.1, 0.15) is 0 Å². The van der Waals surface area contributed by atoms with E-state index in [9.17, 15) is 14.9 Å². The first kappa shape index (κ1) is 16.7. The van der Waals surface area contributed by atoms with Crippen LogP contribution in [0.15, 0.2) is 29.2 Å². The Balaban J connectivity index is 0.000000982. The van der Waals surface area contributed by atoms with Crippen molar-refractivity contribution in [2.45, 2.75) is 11.8 Å². The molecule has 0 fully saturated rings. The number of hydrogen-bond acceptors (Lipinski definition) is 6. The molecule has 0 saturated heterocycles. The van der Waals surface area contributed by atoms with E-state index in [1.807, 2.05) is 31.2 Å². The summed E-state index contributed by atoms with van der Waals surface area (Å²) < 4.78 is 2.42. The highest BCUT2D eigenvalue weighted by Crippen LogP contribution is 2.14. The number of carbonyl (C=O) groups is 2. The van der Waals surface area contributed by atoms with Crippen LogP contribution in [0, 0.1) is 17.0 Å². The Bertz CT molecular complexity index is 423. The fraction of sp³-hybridized carbons (Fsp3) is 0.200. The van der Waals surface area contributed by atoms with Crippen LogP contribution in [0.25, 0.3) is 0 Å². The molecule has 0 atom stereocenters. The maximum Gasteiger partial charge on any atom is 0.295 e. The highest BCUT2D eigenvalue weighted by atomic mass is 32.2. The van der Waals surface area contributed by atoms with E-state index in [1.165, 1.54) is 0 Å². The summed E-state index contributed by atoms with van der Waals surface area (Å²) in [5.41, 5.74) is 1.12. The Kier molecular flexibility index (Phi) is 8.54. The number of rotatable bonds is 5. The summed E-state index contributed by atoms with van der Waals surface area (Å²) in [6.07, 6.45) is 0. The second kappa shape index (κ2) is 9.71. The van der Waals surface area contributed by atoms with E-state index in [2.05, 4.69) is 9.56 Å². The van der Waals surface area contributed by atoms with Gasteiger partial charge in [-0.15, -0.1) is 10.1 Å². The van der Waals surface area contributed by atoms with Gasteiger partial charge in [0, 0.05) is 4.90 Å². The summed E-state index contributed by atoms with van der Waals surface area (Å²) >= 11 is 1.09. The largest absolute Gasteiger partial charge is 0.483 e. The van der Waals surface area contributed by atoms with Gasteiger partial charge in [0.2, 0.25) is 0 Å². The molecule has 0 aliphatic carbocycles. The van der Waals surface area contributed by atoms with Crippen LogP contribution in [0.4, 0.5) is 0 Å². The van der Waals surface area contributed by atoms with Crippen LogP contribution in [0.5, 0.6) is 0 Å². The van der Waals surface area contributed by atoms with E-state index in [-0.39, 0.29) is 6.47 Å². The number of nitrogens with one attached hydrogen (secondary N) is 1. The van der Waals surface area contributed by atoms with Crippen molar-refractivity contribution < 1.29 is 24.6 Å². The number of aryl methyl sites for hydroxylation is 1. The van der Waals surface area contributed by atoms with E-state index < -0.39 is 17.6 Å². The summed E-state index contributed by atoms with van der Waals surface area (Å²) in [5.74, 6) is -0.553. The van der Waals surface area contributed by atoms with Crippen molar-refractivity contribution in [3.05, 3.63) is 39.9 Å². The highest BCUT2D eigenvalue weighted by molar-refractivity contribution is 7.98. The van der Waals surface area contributed by atoms with Crippen LogP contribution in [0.2, 0.25) is 0 Å². The smallest absolute Gasteiger partial charge is 0.295 e. The molecule has 104 valence electrons. The van der Waals surface area contributed by atoms with Gasteiger partial charge in [0.25, 0.3) is 17.5 Å². The molecule has 2 N–H and O–H groups in total. The predicted octanol–water partition coefficient (Wildman–Crippen LogP) is 1.03. The fourth-order valence-corrected chi connectivity index (χ4v) is 1.43. The third kappa shape index (κ3) is 9.41. The molecule has 1 amide bonds. The molecule has 0 radical (unpaired) electrons. The molecule has 0 unspecified atom stereocenters. The Morgan fingerprint density at radius 1 is 1.53 bits per heavy atom. The molecule has 0 spiro atoms. The molecular weight excluding hydrogens is 276 g/mol. The molecule has 1 aromatic rings. The van der Waals surface area contributed by atoms with Crippen molar-refractivity contribution in [1.29, 1.82) is 0 Å². The summed E-state index contributed by atoms with van der Waals surface area (Å²) in [4.78, 5) is 34.0. The monoisotopic (exact) mass is 288 g/mol. The van der Waals surface area contributed by atoms with Gasteiger partial charge >= 0.3 is 0 Å². The average molecular weight is 288 g/mol. The number of hydrogen-bond donors (Lipinski definition) is 2. The molecule has 0 heterocycles. The van der Waals surface area contributed by atoms with Crippen molar-refractivity contribution in [2.24, 2.45) is 0 Å². The van der Waals surface area contributed by atoms with Gasteiger partial charge in [-0.2, -0.15) is 0 Å². The molecule has 1 rings (SSSR count). The Morgan fingerprint density at radius 2 is 2.05 bits per heavy atom. The first-order chi connectivity index (χ1) is 8.99. The summed E-state index contributed by atoms with van der Waals surface area (Å²) in [7, 11) is 0. The molecule has 0 saturated carbocycles. The summed E-state index contributed by atoms with van der Waals surface area (Å²) in [6.45, 7) is 1.11. The quantitative estimate of drug-likeness (QED) is 0.359. The van der Waals surface area contributed by atoms with Crippen molar-refractivity contribution in [3.63, 3.8) is 0 Å². The van der Waals surface area contributed by atoms with Crippen molar-refractivity contribution in [2.75, 3.05) is 6.61 Å². The van der Waals surface area contributed by atoms with Gasteiger partial charge in [-0.25, -0.2) is 0 Å². The molecule has 0 aliphatic heterocycles. The SMILES string of the molecule is Cc1ccc(SNC(=O)CO[N+](=O)[O-])cc1.O=CO. The third-order valence-electron chi connectivity index (χ3n) is 1.60. The lowest BCUT2D eigenvalue weighted by Crippen LogP contribution is -2.23. The second-order valence-electron chi connectivity index (χ2n) is 3.04. The number of carboxylic acid groups (broad SMARTS) is 1. The van der Waals surface area contributed by atoms with Crippen LogP contribution in [-0.2, 0) is 14.4 Å². The zero-order chi connectivity index (χ0) is 14.7. The minimum absolute atomic E-state index is 0.250. The number of amides is 1. The van der Waals surface area contributed by atoms with Gasteiger partial charge in [-0.05, 0) is 31.0 Å². The molecule has 0 aromatic heterocycles. The van der Waals surface area contributed by atoms with Gasteiger partial charge in [-0.3, -0.25) is 14.3 Å². The molecule has 0 aliphatic rings. The van der Waals surface area contributed by atoms with E-state index >= 15 is 0 Å². The van der Waals surface area contributed by atoms with Crippen LogP contribution >= 0.6 is 11.9 Å². The van der Waals surface area contributed by atoms with Crippen LogP contribution in [0.3, 0.4) is 0 Å². The van der Waals surface area contributed by atoms with Crippen LogP contribution in [-0.4, -0.2) is 29.2 Å². The van der Waals surface area contributed by atoms with Crippen molar-refractivity contribution in [3.8, 4) is 0 Å². The molecule has 8 nitrogen and oxygen atoms in total. The summed E-state index contributed by atoms with van der Waals surface area (Å²) in [6, 6.07) is 7.49. The third-order valence-corrected chi connectivity index (χ3v) is 2.44. The number of benzene rings is 1. The summed E-state index contributed by atoms with van der Waals surface area (Å²) in [5, 5.41) is 15.7. The molecule has 0 bridgehead atoms. The fourth-order valence-electron chi connectivity index (χ4n) is 0.863. The molecule has 19 heavy (non-hydrogen) atoms. The molecule has 9 heteroatoms. The maximum absolute atomic E-state index is 11.0. The normalized spacial score (nSPS) is 8.68. The second-order valence-corrected chi connectivity index (χ2v) is 3.92. The standard InChI is InChI=1S/C9H10N2O4S.CH2O2/c1-7-2-4-8(5-3-7)16-10-9(12)6-15-11(13)14;2-1-3/h2-5H,6H2,1H3,(H,10,12);1H,(H,2,3). The average Bonchev–Trinajstić information content (AvgIpc) is 2.36. The first-order valence-corrected chi connectivity index (χ1v) is 5.68. The van der Waals surface area contributed by atoms with Crippen LogP contribution in [0.1, 0.15) is 5.56 Å². The minimum Gasteiger partial charge on any atom is -0.483 e. The Morgan fingerprint density at radius 3 is 2.53 bits per heavy atom. The van der Waals surface area contributed by atoms with Gasteiger partial charge in [-0.1, -0.05) is 17.7 Å². The number of nitrogens with zero attached hydrogens (tertiary/aromatic N) is 1.